The molecule has 132 valence electrons. The van der Waals surface area contributed by atoms with E-state index in [1.807, 2.05) is 6.92 Å². The van der Waals surface area contributed by atoms with E-state index >= 15 is 0 Å². The minimum absolute atomic E-state index is 0.0906. The highest BCUT2D eigenvalue weighted by atomic mass is 16.6. The number of nitro benzene ring substituents is 1. The second kappa shape index (κ2) is 6.82. The number of hydrogen-bond donors (Lipinski definition) is 3. The van der Waals surface area contributed by atoms with Gasteiger partial charge in [0, 0.05) is 23.5 Å². The van der Waals surface area contributed by atoms with Gasteiger partial charge in [0.05, 0.1) is 16.2 Å². The molecule has 1 aliphatic rings. The van der Waals surface area contributed by atoms with E-state index in [4.69, 9.17) is 0 Å². The molecule has 3 N–H and O–H groups in total. The number of aromatic nitrogens is 2. The molecule has 0 aliphatic carbocycles. The van der Waals surface area contributed by atoms with Gasteiger partial charge in [0.25, 0.3) is 11.6 Å². The Bertz CT molecular complexity index is 994. The summed E-state index contributed by atoms with van der Waals surface area (Å²) >= 11 is 0. The van der Waals surface area contributed by atoms with E-state index in [2.05, 4.69) is 27.1 Å². The number of nitrogens with one attached hydrogen (secondary N) is 2. The van der Waals surface area contributed by atoms with Crippen LogP contribution in [-0.4, -0.2) is 32.0 Å². The maximum Gasteiger partial charge on any atom is 0.285 e. The van der Waals surface area contributed by atoms with Crippen molar-refractivity contribution in [1.82, 2.24) is 9.97 Å². The number of fused-ring (bicyclic) bond motifs is 1. The van der Waals surface area contributed by atoms with E-state index < -0.39 is 16.9 Å². The second-order valence-corrected chi connectivity index (χ2v) is 5.80. The predicted molar refractivity (Wildman–Crippen MR) is 96.1 cm³/mol. The fraction of sp³-hybridized carbons (Fsp3) is 0.222. The minimum atomic E-state index is -0.907. The number of H-pyrrole nitrogens is 1. The third kappa shape index (κ3) is 3.20. The number of imidazole rings is 1. The van der Waals surface area contributed by atoms with Gasteiger partial charge in [0.2, 0.25) is 0 Å². The van der Waals surface area contributed by atoms with Crippen LogP contribution in [0.4, 0.5) is 11.4 Å². The van der Waals surface area contributed by atoms with Crippen LogP contribution in [0.5, 0.6) is 0 Å². The Morgan fingerprint density at radius 3 is 2.85 bits per heavy atom. The molecule has 1 aromatic carbocycles. The standard InChI is InChI=1S/C18H16N4O4/c1-3-11(23)4-5-12-15(22(25)26)7-6-14-17(12)13(18(24)21-14)8-16-19-9-10(2)20-16/h6-9,11,23H,3H2,1-2H3,(H,19,20)(H,21,24). The quantitative estimate of drug-likeness (QED) is 0.338. The van der Waals surface area contributed by atoms with Gasteiger partial charge in [-0.1, -0.05) is 18.8 Å². The molecule has 0 saturated carbocycles. The van der Waals surface area contributed by atoms with Gasteiger partial charge in [-0.05, 0) is 25.5 Å². The summed E-state index contributed by atoms with van der Waals surface area (Å²) < 4.78 is 0. The Morgan fingerprint density at radius 2 is 2.23 bits per heavy atom. The molecule has 1 aromatic heterocycles. The summed E-state index contributed by atoms with van der Waals surface area (Å²) in [5.41, 5.74) is 1.69. The third-order valence-electron chi connectivity index (χ3n) is 3.90. The molecule has 0 radical (unpaired) electrons. The summed E-state index contributed by atoms with van der Waals surface area (Å²) in [7, 11) is 0. The topological polar surface area (TPSA) is 121 Å². The summed E-state index contributed by atoms with van der Waals surface area (Å²) in [5, 5.41) is 23.8. The molecule has 8 heteroatoms. The molecular formula is C18H16N4O4. The van der Waals surface area contributed by atoms with Crippen LogP contribution >= 0.6 is 0 Å². The molecule has 0 saturated heterocycles. The molecule has 1 unspecified atom stereocenters. The van der Waals surface area contributed by atoms with E-state index in [9.17, 15) is 20.0 Å². The highest BCUT2D eigenvalue weighted by Gasteiger charge is 2.31. The SMILES string of the molecule is CCC(O)C#Cc1c([N+](=O)[O-])ccc2c1C(=Cc1ncc(C)[nH]1)C(=O)N2. The monoisotopic (exact) mass is 352 g/mol. The number of aromatic amines is 1. The average molecular weight is 352 g/mol. The lowest BCUT2D eigenvalue weighted by Gasteiger charge is -2.04. The molecule has 0 fully saturated rings. The van der Waals surface area contributed by atoms with Crippen molar-refractivity contribution in [3.8, 4) is 11.8 Å². The van der Waals surface area contributed by atoms with Crippen molar-refractivity contribution in [2.45, 2.75) is 26.4 Å². The average Bonchev–Trinajstić information content (AvgIpc) is 3.15. The first-order valence-corrected chi connectivity index (χ1v) is 7.96. The van der Waals surface area contributed by atoms with Gasteiger partial charge in [0.15, 0.2) is 0 Å². The highest BCUT2D eigenvalue weighted by molar-refractivity contribution is 6.35. The molecule has 3 rings (SSSR count). The largest absolute Gasteiger partial charge is 0.380 e. The van der Waals surface area contributed by atoms with Crippen LogP contribution in [-0.2, 0) is 4.79 Å². The smallest absolute Gasteiger partial charge is 0.285 e. The lowest BCUT2D eigenvalue weighted by Crippen LogP contribution is -2.04. The van der Waals surface area contributed by atoms with Crippen molar-refractivity contribution >= 4 is 28.9 Å². The van der Waals surface area contributed by atoms with Gasteiger partial charge in [-0.25, -0.2) is 4.98 Å². The number of aliphatic hydroxyl groups is 1. The molecule has 1 atom stereocenters. The molecule has 0 spiro atoms. The summed E-state index contributed by atoms with van der Waals surface area (Å²) in [5.74, 6) is 5.33. The molecular weight excluding hydrogens is 336 g/mol. The number of hydrogen-bond acceptors (Lipinski definition) is 5. The van der Waals surface area contributed by atoms with Crippen LogP contribution in [0.1, 0.15) is 36.0 Å². The van der Waals surface area contributed by atoms with E-state index in [-0.39, 0.29) is 16.8 Å². The van der Waals surface area contributed by atoms with Crippen molar-refractivity contribution in [1.29, 1.82) is 0 Å². The van der Waals surface area contributed by atoms with Crippen molar-refractivity contribution in [2.24, 2.45) is 0 Å². The number of nitrogens with zero attached hydrogens (tertiary/aromatic N) is 2. The zero-order valence-electron chi connectivity index (χ0n) is 14.2. The molecule has 8 nitrogen and oxygen atoms in total. The van der Waals surface area contributed by atoms with E-state index in [0.717, 1.165) is 5.69 Å². The lowest BCUT2D eigenvalue weighted by atomic mass is 9.98. The molecule has 1 aliphatic heterocycles. The number of carbonyl (C=O) groups is 1. The van der Waals surface area contributed by atoms with E-state index in [0.29, 0.717) is 23.5 Å². The van der Waals surface area contributed by atoms with Gasteiger partial charge in [-0.3, -0.25) is 14.9 Å². The Balaban J connectivity index is 2.22. The van der Waals surface area contributed by atoms with Crippen LogP contribution < -0.4 is 5.32 Å². The number of aryl methyl sites for hydroxylation is 1. The van der Waals surface area contributed by atoms with Crippen LogP contribution in [0.15, 0.2) is 18.3 Å². The van der Waals surface area contributed by atoms with Crippen molar-refractivity contribution in [3.63, 3.8) is 0 Å². The first-order valence-electron chi connectivity index (χ1n) is 7.96. The zero-order valence-corrected chi connectivity index (χ0v) is 14.2. The number of benzene rings is 1. The van der Waals surface area contributed by atoms with Crippen LogP contribution in [0.3, 0.4) is 0 Å². The van der Waals surface area contributed by atoms with Gasteiger partial charge >= 0.3 is 0 Å². The van der Waals surface area contributed by atoms with Gasteiger partial charge in [0.1, 0.15) is 17.5 Å². The number of amides is 1. The lowest BCUT2D eigenvalue weighted by molar-refractivity contribution is -0.385. The van der Waals surface area contributed by atoms with Crippen molar-refractivity contribution in [2.75, 3.05) is 5.32 Å². The molecule has 1 amide bonds. The normalized spacial score (nSPS) is 15.2. The summed E-state index contributed by atoms with van der Waals surface area (Å²) in [6, 6.07) is 2.77. The van der Waals surface area contributed by atoms with Gasteiger partial charge in [-0.15, -0.1) is 0 Å². The van der Waals surface area contributed by atoms with Crippen LogP contribution in [0.25, 0.3) is 11.6 Å². The Hall–Kier alpha value is -3.44. The van der Waals surface area contributed by atoms with Crippen LogP contribution in [0, 0.1) is 28.9 Å². The van der Waals surface area contributed by atoms with E-state index in [1.165, 1.54) is 18.2 Å². The maximum atomic E-state index is 12.4. The minimum Gasteiger partial charge on any atom is -0.380 e. The molecule has 0 bridgehead atoms. The van der Waals surface area contributed by atoms with Gasteiger partial charge in [-0.2, -0.15) is 0 Å². The van der Waals surface area contributed by atoms with Crippen LogP contribution in [0.2, 0.25) is 0 Å². The summed E-state index contributed by atoms with van der Waals surface area (Å²) in [6.07, 6.45) is 2.63. The first kappa shape index (κ1) is 17.4. The fourth-order valence-electron chi connectivity index (χ4n) is 2.60. The Labute approximate surface area is 149 Å². The Morgan fingerprint density at radius 1 is 1.46 bits per heavy atom. The number of nitro groups is 1. The molecule has 26 heavy (non-hydrogen) atoms. The number of rotatable bonds is 3. The summed E-state index contributed by atoms with van der Waals surface area (Å²) in [6.45, 7) is 3.57. The number of aliphatic hydroxyl groups excluding tert-OH is 1. The third-order valence-corrected chi connectivity index (χ3v) is 3.90. The number of anilines is 1. The molecule has 2 aromatic rings. The van der Waals surface area contributed by atoms with Crippen molar-refractivity contribution < 1.29 is 14.8 Å². The fourth-order valence-corrected chi connectivity index (χ4v) is 2.60. The molecule has 2 heterocycles. The maximum absolute atomic E-state index is 12.4. The summed E-state index contributed by atoms with van der Waals surface area (Å²) in [4.78, 5) is 30.4. The zero-order chi connectivity index (χ0) is 18.8. The van der Waals surface area contributed by atoms with Crippen molar-refractivity contribution in [3.05, 3.63) is 51.1 Å². The first-order chi connectivity index (χ1) is 12.4. The second-order valence-electron chi connectivity index (χ2n) is 5.80. The highest BCUT2D eigenvalue weighted by Crippen LogP contribution is 2.39. The van der Waals surface area contributed by atoms with E-state index in [1.54, 1.807) is 13.1 Å². The predicted octanol–water partition coefficient (Wildman–Crippen LogP) is 2.24. The number of carbonyl (C=O) groups excluding carboxylic acids is 1. The Kier molecular flexibility index (Phi) is 4.56. The van der Waals surface area contributed by atoms with Gasteiger partial charge < -0.3 is 15.4 Å².